The number of benzene rings is 1. The van der Waals surface area contributed by atoms with Crippen LogP contribution in [0, 0.1) is 17.2 Å². The minimum absolute atomic E-state index is 0.260. The van der Waals surface area contributed by atoms with Crippen LogP contribution in [0.15, 0.2) is 36.7 Å². The number of nitrogens with zero attached hydrogens (tertiary/aromatic N) is 4. The Morgan fingerprint density at radius 1 is 1.25 bits per heavy atom. The van der Waals surface area contributed by atoms with E-state index >= 15 is 0 Å². The van der Waals surface area contributed by atoms with Gasteiger partial charge in [-0.15, -0.1) is 0 Å². The van der Waals surface area contributed by atoms with Crippen molar-refractivity contribution in [2.75, 3.05) is 13.1 Å². The van der Waals surface area contributed by atoms with Gasteiger partial charge < -0.3 is 9.67 Å². The van der Waals surface area contributed by atoms with Crippen molar-refractivity contribution in [3.05, 3.63) is 53.6 Å². The summed E-state index contributed by atoms with van der Waals surface area (Å²) < 4.78 is 1.90. The molecule has 1 aromatic carbocycles. The molecule has 0 amide bonds. The molecule has 24 heavy (non-hydrogen) atoms. The lowest BCUT2D eigenvalue weighted by atomic mass is 9.89. The Morgan fingerprint density at radius 2 is 1.92 bits per heavy atom. The highest BCUT2D eigenvalue weighted by Gasteiger charge is 2.30. The lowest BCUT2D eigenvalue weighted by molar-refractivity contribution is 0.0406. The maximum Gasteiger partial charge on any atom is 0.137 e. The molecule has 2 unspecified atom stereocenters. The highest BCUT2D eigenvalue weighted by molar-refractivity contribution is 5.32. The molecule has 1 aliphatic heterocycles. The van der Waals surface area contributed by atoms with E-state index in [0.29, 0.717) is 11.6 Å². The first-order valence-corrected chi connectivity index (χ1v) is 8.49. The molecule has 0 aliphatic carbocycles. The van der Waals surface area contributed by atoms with Crippen LogP contribution in [0.3, 0.4) is 0 Å². The van der Waals surface area contributed by atoms with E-state index in [1.807, 2.05) is 42.1 Å². The first-order chi connectivity index (χ1) is 11.6. The van der Waals surface area contributed by atoms with E-state index in [2.05, 4.69) is 22.9 Å². The highest BCUT2D eigenvalue weighted by Crippen LogP contribution is 2.33. The molecule has 3 rings (SSSR count). The van der Waals surface area contributed by atoms with Crippen LogP contribution in [0.4, 0.5) is 0 Å². The molecule has 2 aromatic rings. The summed E-state index contributed by atoms with van der Waals surface area (Å²) in [7, 11) is 1.92. The van der Waals surface area contributed by atoms with Gasteiger partial charge in [-0.25, -0.2) is 4.98 Å². The maximum absolute atomic E-state index is 10.6. The van der Waals surface area contributed by atoms with Crippen molar-refractivity contribution in [2.45, 2.75) is 31.9 Å². The van der Waals surface area contributed by atoms with E-state index in [4.69, 9.17) is 5.26 Å². The van der Waals surface area contributed by atoms with E-state index in [0.717, 1.165) is 31.8 Å². The number of imidazole rings is 1. The second kappa shape index (κ2) is 7.16. The summed E-state index contributed by atoms with van der Waals surface area (Å²) in [6.45, 7) is 4.14. The molecule has 1 N–H and O–H groups in total. The Balaban J connectivity index is 1.60. The van der Waals surface area contributed by atoms with Gasteiger partial charge in [0.05, 0.1) is 11.6 Å². The first kappa shape index (κ1) is 16.7. The number of hydrogen-bond acceptors (Lipinski definition) is 4. The number of hydrogen-bond donors (Lipinski definition) is 1. The van der Waals surface area contributed by atoms with Crippen LogP contribution in [-0.4, -0.2) is 32.6 Å². The van der Waals surface area contributed by atoms with Crippen LogP contribution in [0.5, 0.6) is 0 Å². The van der Waals surface area contributed by atoms with Crippen molar-refractivity contribution >= 4 is 0 Å². The van der Waals surface area contributed by atoms with Gasteiger partial charge in [-0.1, -0.05) is 12.1 Å². The van der Waals surface area contributed by atoms with Gasteiger partial charge in [-0.05, 0) is 56.5 Å². The number of aromatic nitrogens is 2. The number of piperidine rings is 1. The van der Waals surface area contributed by atoms with Crippen LogP contribution < -0.4 is 0 Å². The molecule has 0 bridgehead atoms. The van der Waals surface area contributed by atoms with Gasteiger partial charge >= 0.3 is 0 Å². The SMILES string of the molecule is CC(c1ccc(C#N)cc1)N1CCC(C(O)c2nccn2C)CC1. The molecule has 126 valence electrons. The lowest BCUT2D eigenvalue weighted by Gasteiger charge is -2.37. The number of likely N-dealkylation sites (tertiary alicyclic amines) is 1. The van der Waals surface area contributed by atoms with Gasteiger partial charge in [0.2, 0.25) is 0 Å². The predicted molar refractivity (Wildman–Crippen MR) is 92.0 cm³/mol. The third-order valence-corrected chi connectivity index (χ3v) is 5.21. The smallest absolute Gasteiger partial charge is 0.137 e. The summed E-state index contributed by atoms with van der Waals surface area (Å²) >= 11 is 0. The molecule has 2 heterocycles. The molecule has 1 aliphatic rings. The zero-order valence-electron chi connectivity index (χ0n) is 14.3. The second-order valence-electron chi connectivity index (χ2n) is 6.62. The normalized spacial score (nSPS) is 18.9. The van der Waals surface area contributed by atoms with Crippen LogP contribution in [0.2, 0.25) is 0 Å². The summed E-state index contributed by atoms with van der Waals surface area (Å²) in [6.07, 6.45) is 5.06. The molecule has 1 saturated heterocycles. The van der Waals surface area contributed by atoms with Gasteiger partial charge in [0.1, 0.15) is 11.9 Å². The molecule has 1 aromatic heterocycles. The monoisotopic (exact) mass is 324 g/mol. The summed E-state index contributed by atoms with van der Waals surface area (Å²) in [5, 5.41) is 19.5. The summed E-state index contributed by atoms with van der Waals surface area (Å²) in [4.78, 5) is 6.73. The van der Waals surface area contributed by atoms with Gasteiger partial charge in [0.15, 0.2) is 0 Å². The topological polar surface area (TPSA) is 65.1 Å². The molecule has 0 radical (unpaired) electrons. The van der Waals surface area contributed by atoms with Crippen LogP contribution in [0.25, 0.3) is 0 Å². The second-order valence-corrected chi connectivity index (χ2v) is 6.62. The molecule has 5 heteroatoms. The fraction of sp³-hybridized carbons (Fsp3) is 0.474. The van der Waals surface area contributed by atoms with E-state index in [-0.39, 0.29) is 5.92 Å². The maximum atomic E-state index is 10.6. The van der Waals surface area contributed by atoms with Crippen molar-refractivity contribution in [1.82, 2.24) is 14.5 Å². The zero-order chi connectivity index (χ0) is 17.1. The third kappa shape index (κ3) is 3.35. The predicted octanol–water partition coefficient (Wildman–Crippen LogP) is 2.80. The van der Waals surface area contributed by atoms with Crippen molar-refractivity contribution in [1.29, 1.82) is 5.26 Å². The van der Waals surface area contributed by atoms with Gasteiger partial charge in [-0.3, -0.25) is 4.90 Å². The molecule has 5 nitrogen and oxygen atoms in total. The Labute approximate surface area is 143 Å². The highest BCUT2D eigenvalue weighted by atomic mass is 16.3. The minimum atomic E-state index is -0.489. The van der Waals surface area contributed by atoms with Crippen molar-refractivity contribution < 1.29 is 5.11 Å². The van der Waals surface area contributed by atoms with E-state index in [1.165, 1.54) is 5.56 Å². The third-order valence-electron chi connectivity index (χ3n) is 5.21. The van der Waals surface area contributed by atoms with E-state index in [9.17, 15) is 5.11 Å². The number of aliphatic hydroxyl groups excluding tert-OH is 1. The Morgan fingerprint density at radius 3 is 2.46 bits per heavy atom. The summed E-state index contributed by atoms with van der Waals surface area (Å²) in [5.74, 6) is 1.02. The molecular weight excluding hydrogens is 300 g/mol. The summed E-state index contributed by atoms with van der Waals surface area (Å²) in [5.41, 5.74) is 1.93. The van der Waals surface area contributed by atoms with Crippen LogP contribution in [0.1, 0.15) is 48.9 Å². The zero-order valence-corrected chi connectivity index (χ0v) is 14.3. The standard InChI is InChI=1S/C19H24N4O/c1-14(16-5-3-15(13-20)4-6-16)23-10-7-17(8-11-23)18(24)19-21-9-12-22(19)2/h3-6,9,12,14,17-18,24H,7-8,10-11H2,1-2H3. The van der Waals surface area contributed by atoms with E-state index < -0.39 is 6.10 Å². The fourth-order valence-corrected chi connectivity index (χ4v) is 3.54. The Kier molecular flexibility index (Phi) is 4.98. The average molecular weight is 324 g/mol. The van der Waals surface area contributed by atoms with Crippen molar-refractivity contribution in [3.63, 3.8) is 0 Å². The van der Waals surface area contributed by atoms with Crippen LogP contribution >= 0.6 is 0 Å². The van der Waals surface area contributed by atoms with Crippen LogP contribution in [-0.2, 0) is 7.05 Å². The Hall–Kier alpha value is -2.16. The van der Waals surface area contributed by atoms with E-state index in [1.54, 1.807) is 6.20 Å². The van der Waals surface area contributed by atoms with Gasteiger partial charge in [0.25, 0.3) is 0 Å². The van der Waals surface area contributed by atoms with Crippen molar-refractivity contribution in [3.8, 4) is 6.07 Å². The fourth-order valence-electron chi connectivity index (χ4n) is 3.54. The quantitative estimate of drug-likeness (QED) is 0.939. The number of rotatable bonds is 4. The number of aryl methyl sites for hydroxylation is 1. The largest absolute Gasteiger partial charge is 0.385 e. The lowest BCUT2D eigenvalue weighted by Crippen LogP contribution is -2.37. The molecule has 0 saturated carbocycles. The number of nitriles is 1. The van der Waals surface area contributed by atoms with Gasteiger partial charge in [-0.2, -0.15) is 5.26 Å². The molecule has 2 atom stereocenters. The average Bonchev–Trinajstić information content (AvgIpc) is 3.06. The van der Waals surface area contributed by atoms with Crippen molar-refractivity contribution in [2.24, 2.45) is 13.0 Å². The minimum Gasteiger partial charge on any atom is -0.385 e. The number of aliphatic hydroxyl groups is 1. The summed E-state index contributed by atoms with van der Waals surface area (Å²) in [6, 6.07) is 10.3. The first-order valence-electron chi connectivity index (χ1n) is 8.49. The Bertz CT molecular complexity index is 708. The van der Waals surface area contributed by atoms with Gasteiger partial charge in [0, 0.05) is 25.5 Å². The molecule has 0 spiro atoms. The molecular formula is C19H24N4O. The molecule has 1 fully saturated rings.